The number of aryl methyl sites for hydroxylation is 2. The third-order valence-electron chi connectivity index (χ3n) is 2.35. The van der Waals surface area contributed by atoms with Gasteiger partial charge >= 0.3 is 0 Å². The molecule has 16 heavy (non-hydrogen) atoms. The third kappa shape index (κ3) is 2.17. The van der Waals surface area contributed by atoms with Gasteiger partial charge in [-0.1, -0.05) is 11.3 Å². The van der Waals surface area contributed by atoms with Crippen molar-refractivity contribution in [3.05, 3.63) is 23.2 Å². The minimum absolute atomic E-state index is 0.608. The monoisotopic (exact) mass is 257 g/mol. The molecule has 0 bridgehead atoms. The van der Waals surface area contributed by atoms with Crippen LogP contribution < -0.4 is 9.29 Å². The van der Waals surface area contributed by atoms with Crippen molar-refractivity contribution in [2.45, 2.75) is 6.92 Å². The second-order valence-electron chi connectivity index (χ2n) is 3.74. The predicted octanol–water partition coefficient (Wildman–Crippen LogP) is 1.41. The van der Waals surface area contributed by atoms with Gasteiger partial charge in [0, 0.05) is 13.0 Å². The smallest absolute Gasteiger partial charge is 0.234 e. The Morgan fingerprint density at radius 1 is 1.38 bits per heavy atom. The molecule has 2 rings (SSSR count). The second kappa shape index (κ2) is 3.71. The molecule has 1 N–H and O–H groups in total. The summed E-state index contributed by atoms with van der Waals surface area (Å²) in [5.41, 5.74) is 1.72. The van der Waals surface area contributed by atoms with Crippen LogP contribution in [0.15, 0.2) is 18.2 Å². The van der Waals surface area contributed by atoms with E-state index < -0.39 is 10.0 Å². The zero-order chi connectivity index (χ0) is 11.9. The molecule has 2 aromatic rings. The number of hydrogen-bond acceptors (Lipinski definition) is 3. The predicted molar refractivity (Wildman–Crippen MR) is 66.2 cm³/mol. The zero-order valence-electron chi connectivity index (χ0n) is 9.31. The van der Waals surface area contributed by atoms with E-state index in [9.17, 15) is 8.42 Å². The molecule has 0 radical (unpaired) electrons. The highest BCUT2D eigenvalue weighted by molar-refractivity contribution is 7.92. The number of benzene rings is 1. The van der Waals surface area contributed by atoms with Gasteiger partial charge < -0.3 is 0 Å². The molecule has 0 unspecified atom stereocenters. The van der Waals surface area contributed by atoms with Crippen LogP contribution >= 0.6 is 11.3 Å². The van der Waals surface area contributed by atoms with E-state index >= 15 is 0 Å². The van der Waals surface area contributed by atoms with Gasteiger partial charge in [-0.05, 0) is 12.1 Å². The number of fused-ring (bicyclic) bond motifs is 1. The van der Waals surface area contributed by atoms with Crippen LogP contribution in [0.4, 0.5) is 5.69 Å². The average molecular weight is 257 g/mol. The summed E-state index contributed by atoms with van der Waals surface area (Å²) >= 11 is 1.65. The topological polar surface area (TPSA) is 50.1 Å². The van der Waals surface area contributed by atoms with Crippen molar-refractivity contribution in [1.29, 1.82) is 0 Å². The lowest BCUT2D eigenvalue weighted by atomic mass is 10.3. The van der Waals surface area contributed by atoms with Crippen LogP contribution in [0.2, 0.25) is 0 Å². The van der Waals surface area contributed by atoms with Crippen molar-refractivity contribution in [2.24, 2.45) is 7.05 Å². The van der Waals surface area contributed by atoms with Crippen molar-refractivity contribution in [1.82, 2.24) is 0 Å². The fourth-order valence-corrected chi connectivity index (χ4v) is 3.15. The van der Waals surface area contributed by atoms with E-state index in [0.717, 1.165) is 16.5 Å². The van der Waals surface area contributed by atoms with E-state index in [-0.39, 0.29) is 0 Å². The minimum atomic E-state index is -3.20. The normalized spacial score (nSPS) is 11.9. The number of rotatable bonds is 2. The van der Waals surface area contributed by atoms with Crippen LogP contribution in [0.3, 0.4) is 0 Å². The number of aromatic nitrogens is 1. The Balaban J connectivity index is 2.53. The molecule has 0 spiro atoms. The third-order valence-corrected chi connectivity index (χ3v) is 4.08. The standard InChI is InChI=1S/C10H13N2O2S2/c1-7-12(2)9-5-4-8(6-10(9)15-7)11-16(3,13)14/h4-6,11H,1-3H3/q+1. The fourth-order valence-electron chi connectivity index (χ4n) is 1.55. The highest BCUT2D eigenvalue weighted by Gasteiger charge is 2.13. The average Bonchev–Trinajstić information content (AvgIpc) is 2.40. The van der Waals surface area contributed by atoms with Gasteiger partial charge in [-0.3, -0.25) is 4.72 Å². The summed E-state index contributed by atoms with van der Waals surface area (Å²) in [4.78, 5) is 0. The number of hydrogen-bond donors (Lipinski definition) is 1. The number of nitrogens with zero attached hydrogens (tertiary/aromatic N) is 1. The molecule has 0 saturated carbocycles. The summed E-state index contributed by atoms with van der Waals surface area (Å²) in [5.74, 6) is 0. The van der Waals surface area contributed by atoms with Gasteiger partial charge in [-0.2, -0.15) is 4.57 Å². The van der Waals surface area contributed by atoms with E-state index in [1.165, 1.54) is 5.01 Å². The van der Waals surface area contributed by atoms with Gasteiger partial charge in [-0.15, -0.1) is 0 Å². The lowest BCUT2D eigenvalue weighted by Gasteiger charge is -2.01. The Labute approximate surface area is 98.6 Å². The Morgan fingerprint density at radius 3 is 2.69 bits per heavy atom. The van der Waals surface area contributed by atoms with E-state index in [4.69, 9.17) is 0 Å². The van der Waals surface area contributed by atoms with E-state index in [1.54, 1.807) is 17.4 Å². The summed E-state index contributed by atoms with van der Waals surface area (Å²) in [5, 5.41) is 1.19. The zero-order valence-corrected chi connectivity index (χ0v) is 10.9. The Morgan fingerprint density at radius 2 is 2.06 bits per heavy atom. The molecule has 0 aliphatic rings. The first-order valence-electron chi connectivity index (χ1n) is 4.74. The minimum Gasteiger partial charge on any atom is -0.284 e. The maximum absolute atomic E-state index is 11.1. The van der Waals surface area contributed by atoms with E-state index in [0.29, 0.717) is 5.69 Å². The summed E-state index contributed by atoms with van der Waals surface area (Å²) in [6.45, 7) is 2.04. The van der Waals surface area contributed by atoms with Gasteiger partial charge in [0.2, 0.25) is 20.5 Å². The lowest BCUT2D eigenvalue weighted by Crippen LogP contribution is -2.28. The Hall–Kier alpha value is -1.14. The molecular weight excluding hydrogens is 244 g/mol. The van der Waals surface area contributed by atoms with E-state index in [1.807, 2.05) is 26.1 Å². The molecule has 4 nitrogen and oxygen atoms in total. The summed E-state index contributed by atoms with van der Waals surface area (Å²) in [6.07, 6.45) is 1.15. The molecule has 0 amide bonds. The highest BCUT2D eigenvalue weighted by atomic mass is 32.2. The largest absolute Gasteiger partial charge is 0.284 e. The summed E-state index contributed by atoms with van der Waals surface area (Å²) in [6, 6.07) is 5.55. The number of anilines is 1. The molecule has 6 heteroatoms. The molecule has 0 saturated heterocycles. The SMILES string of the molecule is Cc1sc2cc(NS(C)(=O)=O)ccc2[n+]1C. The molecular formula is C10H13N2O2S2+. The van der Waals surface area contributed by atoms with Gasteiger partial charge in [0.1, 0.15) is 11.7 Å². The van der Waals surface area contributed by atoms with Crippen LogP contribution in [0.5, 0.6) is 0 Å². The van der Waals surface area contributed by atoms with Crippen LogP contribution in [-0.4, -0.2) is 14.7 Å². The van der Waals surface area contributed by atoms with Crippen LogP contribution in [0.25, 0.3) is 10.2 Å². The molecule has 1 aromatic heterocycles. The van der Waals surface area contributed by atoms with E-state index in [2.05, 4.69) is 9.29 Å². The molecule has 1 aromatic carbocycles. The van der Waals surface area contributed by atoms with Crippen LogP contribution in [-0.2, 0) is 17.1 Å². The first kappa shape index (κ1) is 11.3. The quantitative estimate of drug-likeness (QED) is 0.827. The number of thiazole rings is 1. The van der Waals surface area contributed by atoms with Crippen molar-refractivity contribution >= 4 is 37.3 Å². The Kier molecular flexibility index (Phi) is 2.63. The van der Waals surface area contributed by atoms with Gasteiger partial charge in [0.05, 0.1) is 11.9 Å². The Bertz CT molecular complexity index is 644. The van der Waals surface area contributed by atoms with Crippen molar-refractivity contribution in [3.8, 4) is 0 Å². The summed E-state index contributed by atoms with van der Waals surface area (Å²) < 4.78 is 27.8. The molecule has 0 fully saturated rings. The molecule has 86 valence electrons. The molecule has 0 aliphatic heterocycles. The first-order chi connectivity index (χ1) is 7.37. The summed E-state index contributed by atoms with van der Waals surface area (Å²) in [7, 11) is -1.20. The van der Waals surface area contributed by atoms with Crippen LogP contribution in [0, 0.1) is 6.92 Å². The van der Waals surface area contributed by atoms with Gasteiger partial charge in [-0.25, -0.2) is 8.42 Å². The van der Waals surface area contributed by atoms with Gasteiger partial charge in [0.25, 0.3) is 0 Å². The maximum Gasteiger partial charge on any atom is 0.234 e. The van der Waals surface area contributed by atoms with Crippen LogP contribution in [0.1, 0.15) is 5.01 Å². The molecule has 0 atom stereocenters. The lowest BCUT2D eigenvalue weighted by molar-refractivity contribution is -0.646. The maximum atomic E-state index is 11.1. The highest BCUT2D eigenvalue weighted by Crippen LogP contribution is 2.23. The van der Waals surface area contributed by atoms with Gasteiger partial charge in [0.15, 0.2) is 0 Å². The van der Waals surface area contributed by atoms with Crippen molar-refractivity contribution in [2.75, 3.05) is 11.0 Å². The molecule has 1 heterocycles. The van der Waals surface area contributed by atoms with Crippen molar-refractivity contribution < 1.29 is 13.0 Å². The molecule has 0 aliphatic carbocycles. The fraction of sp³-hybridized carbons (Fsp3) is 0.300. The van der Waals surface area contributed by atoms with Crippen molar-refractivity contribution in [3.63, 3.8) is 0 Å². The first-order valence-corrected chi connectivity index (χ1v) is 7.44. The number of sulfonamides is 1. The second-order valence-corrected chi connectivity index (χ2v) is 6.72. The number of nitrogens with one attached hydrogen (secondary N) is 1.